The van der Waals surface area contributed by atoms with E-state index in [-0.39, 0.29) is 0 Å². The summed E-state index contributed by atoms with van der Waals surface area (Å²) in [6.07, 6.45) is 0.0351. The molecule has 0 aliphatic carbocycles. The van der Waals surface area contributed by atoms with Gasteiger partial charge in [0.05, 0.1) is 11.7 Å². The van der Waals surface area contributed by atoms with E-state index in [2.05, 4.69) is 0 Å². The zero-order chi connectivity index (χ0) is 8.97. The number of aliphatic hydroxyl groups is 1. The van der Waals surface area contributed by atoms with E-state index < -0.39 is 6.10 Å². The average Bonchev–Trinajstić information content (AvgIpc) is 2.52. The molecule has 64 valence electrons. The minimum Gasteiger partial charge on any atom is -0.388 e. The van der Waals surface area contributed by atoms with Crippen LogP contribution in [0.25, 0.3) is 0 Å². The summed E-state index contributed by atoms with van der Waals surface area (Å²) >= 11 is 1.39. The molecule has 0 radical (unpaired) electrons. The lowest BCUT2D eigenvalue weighted by molar-refractivity contribution is 0.174. The molecule has 0 fully saturated rings. The highest BCUT2D eigenvalue weighted by atomic mass is 32.1. The average molecular weight is 182 g/mol. The van der Waals surface area contributed by atoms with Crippen LogP contribution in [0.2, 0.25) is 0 Å². The Labute approximate surface area is 75.1 Å². The first-order chi connectivity index (χ1) is 5.77. The number of nitrogens with two attached hydrogens (primary N) is 1. The molecule has 0 saturated heterocycles. The number of hydrogen-bond donors (Lipinski definition) is 2. The summed E-state index contributed by atoms with van der Waals surface area (Å²) in [5.74, 6) is 0. The Hall–Kier alpha value is -0.890. The molecule has 0 aromatic carbocycles. The van der Waals surface area contributed by atoms with Crippen LogP contribution in [0.5, 0.6) is 0 Å². The van der Waals surface area contributed by atoms with Crippen LogP contribution in [0.1, 0.15) is 23.0 Å². The van der Waals surface area contributed by atoms with E-state index in [4.69, 9.17) is 11.0 Å². The van der Waals surface area contributed by atoms with E-state index in [1.807, 2.05) is 6.07 Å². The van der Waals surface area contributed by atoms with E-state index >= 15 is 0 Å². The van der Waals surface area contributed by atoms with Crippen molar-refractivity contribution in [2.75, 3.05) is 6.54 Å². The Bertz CT molecular complexity index is 289. The van der Waals surface area contributed by atoms with Crippen LogP contribution in [0, 0.1) is 11.3 Å². The molecule has 0 saturated carbocycles. The van der Waals surface area contributed by atoms with Crippen LogP contribution in [-0.4, -0.2) is 11.7 Å². The van der Waals surface area contributed by atoms with Crippen molar-refractivity contribution in [1.82, 2.24) is 0 Å². The van der Waals surface area contributed by atoms with Crippen LogP contribution >= 0.6 is 11.3 Å². The van der Waals surface area contributed by atoms with E-state index in [9.17, 15) is 5.11 Å². The first-order valence-electron chi connectivity index (χ1n) is 3.64. The molecule has 1 aromatic rings. The summed E-state index contributed by atoms with van der Waals surface area (Å²) < 4.78 is 0. The van der Waals surface area contributed by atoms with E-state index in [1.54, 1.807) is 11.4 Å². The van der Waals surface area contributed by atoms with E-state index in [1.165, 1.54) is 11.3 Å². The molecule has 1 heterocycles. The molecule has 4 heteroatoms. The van der Waals surface area contributed by atoms with Gasteiger partial charge in [-0.25, -0.2) is 0 Å². The second-order valence-electron chi connectivity index (χ2n) is 2.44. The molecule has 0 amide bonds. The Morgan fingerprint density at radius 3 is 3.00 bits per heavy atom. The number of nitrogens with zero attached hydrogens (tertiary/aromatic N) is 1. The smallest absolute Gasteiger partial charge is 0.100 e. The fourth-order valence-electron chi connectivity index (χ4n) is 0.886. The molecular weight excluding hydrogens is 172 g/mol. The summed E-state index contributed by atoms with van der Waals surface area (Å²) in [6.45, 7) is 0.459. The van der Waals surface area contributed by atoms with Gasteiger partial charge in [-0.2, -0.15) is 5.26 Å². The zero-order valence-corrected chi connectivity index (χ0v) is 7.34. The van der Waals surface area contributed by atoms with Gasteiger partial charge in [-0.05, 0) is 19.0 Å². The Kier molecular flexibility index (Phi) is 3.23. The van der Waals surface area contributed by atoms with Gasteiger partial charge < -0.3 is 10.8 Å². The maximum Gasteiger partial charge on any atom is 0.100 e. The normalized spacial score (nSPS) is 12.4. The molecular formula is C8H10N2OS. The first kappa shape index (κ1) is 9.20. The largest absolute Gasteiger partial charge is 0.388 e. The van der Waals surface area contributed by atoms with Crippen LogP contribution in [0.3, 0.4) is 0 Å². The summed E-state index contributed by atoms with van der Waals surface area (Å²) in [5.41, 5.74) is 5.89. The van der Waals surface area contributed by atoms with Crippen molar-refractivity contribution in [2.45, 2.75) is 12.5 Å². The fourth-order valence-corrected chi connectivity index (χ4v) is 1.74. The van der Waals surface area contributed by atoms with Gasteiger partial charge in [0.25, 0.3) is 0 Å². The quantitative estimate of drug-likeness (QED) is 0.732. The third-order valence-electron chi connectivity index (χ3n) is 1.52. The monoisotopic (exact) mass is 182 g/mol. The summed E-state index contributed by atoms with van der Waals surface area (Å²) in [6, 6.07) is 3.71. The highest BCUT2D eigenvalue weighted by Crippen LogP contribution is 2.23. The fraction of sp³-hybridized carbons (Fsp3) is 0.375. The molecule has 0 bridgehead atoms. The third kappa shape index (κ3) is 2.05. The Morgan fingerprint density at radius 1 is 1.75 bits per heavy atom. The lowest BCUT2D eigenvalue weighted by atomic mass is 10.2. The van der Waals surface area contributed by atoms with Gasteiger partial charge in [0.2, 0.25) is 0 Å². The van der Waals surface area contributed by atoms with Gasteiger partial charge in [0.1, 0.15) is 6.07 Å². The van der Waals surface area contributed by atoms with Crippen molar-refractivity contribution in [3.8, 4) is 6.07 Å². The van der Waals surface area contributed by atoms with Crippen molar-refractivity contribution >= 4 is 11.3 Å². The zero-order valence-electron chi connectivity index (χ0n) is 6.53. The van der Waals surface area contributed by atoms with Crippen LogP contribution < -0.4 is 5.73 Å². The Balaban J connectivity index is 2.69. The number of hydrogen-bond acceptors (Lipinski definition) is 4. The first-order valence-corrected chi connectivity index (χ1v) is 4.52. The summed E-state index contributed by atoms with van der Waals surface area (Å²) in [4.78, 5) is 0.817. The second kappa shape index (κ2) is 4.21. The van der Waals surface area contributed by atoms with Gasteiger partial charge in [-0.15, -0.1) is 11.3 Å². The Morgan fingerprint density at radius 2 is 2.50 bits per heavy atom. The lowest BCUT2D eigenvalue weighted by Gasteiger charge is -2.04. The number of aliphatic hydroxyl groups excluding tert-OH is 1. The number of rotatable bonds is 3. The van der Waals surface area contributed by atoms with Crippen molar-refractivity contribution in [2.24, 2.45) is 5.73 Å². The maximum atomic E-state index is 9.45. The SMILES string of the molecule is N#Cc1csc([C@@H](O)CCN)c1. The number of nitriles is 1. The van der Waals surface area contributed by atoms with Crippen LogP contribution in [-0.2, 0) is 0 Å². The predicted octanol–water partition coefficient (Wildman–Crippen LogP) is 1.00. The summed E-state index contributed by atoms with van der Waals surface area (Å²) in [5, 5.41) is 19.7. The van der Waals surface area contributed by atoms with Gasteiger partial charge in [-0.3, -0.25) is 0 Å². The van der Waals surface area contributed by atoms with E-state index in [0.717, 1.165) is 4.88 Å². The molecule has 0 unspecified atom stereocenters. The molecule has 1 aromatic heterocycles. The molecule has 1 rings (SSSR count). The van der Waals surface area contributed by atoms with Crippen molar-refractivity contribution in [3.05, 3.63) is 21.9 Å². The van der Waals surface area contributed by atoms with Gasteiger partial charge in [-0.1, -0.05) is 0 Å². The molecule has 3 nitrogen and oxygen atoms in total. The second-order valence-corrected chi connectivity index (χ2v) is 3.39. The minimum atomic E-state index is -0.512. The number of thiophene rings is 1. The summed E-state index contributed by atoms with van der Waals surface area (Å²) in [7, 11) is 0. The lowest BCUT2D eigenvalue weighted by Crippen LogP contribution is -2.05. The minimum absolute atomic E-state index is 0.459. The molecule has 0 spiro atoms. The van der Waals surface area contributed by atoms with Gasteiger partial charge in [0, 0.05) is 10.3 Å². The topological polar surface area (TPSA) is 70.0 Å². The molecule has 0 aliphatic heterocycles. The molecule has 0 aliphatic rings. The third-order valence-corrected chi connectivity index (χ3v) is 2.55. The maximum absolute atomic E-state index is 9.45. The highest BCUT2D eigenvalue weighted by molar-refractivity contribution is 7.10. The van der Waals surface area contributed by atoms with Crippen LogP contribution in [0.15, 0.2) is 11.4 Å². The van der Waals surface area contributed by atoms with Crippen molar-refractivity contribution < 1.29 is 5.11 Å². The van der Waals surface area contributed by atoms with Crippen molar-refractivity contribution in [1.29, 1.82) is 5.26 Å². The van der Waals surface area contributed by atoms with Crippen molar-refractivity contribution in [3.63, 3.8) is 0 Å². The molecule has 12 heavy (non-hydrogen) atoms. The molecule has 3 N–H and O–H groups in total. The predicted molar refractivity (Wildman–Crippen MR) is 47.7 cm³/mol. The standard InChI is InChI=1S/C8H10N2OS/c9-2-1-7(11)8-3-6(4-10)5-12-8/h3,5,7,11H,1-2,9H2/t7-/m0/s1. The van der Waals surface area contributed by atoms with E-state index in [0.29, 0.717) is 18.5 Å². The van der Waals surface area contributed by atoms with Gasteiger partial charge >= 0.3 is 0 Å². The molecule has 1 atom stereocenters. The van der Waals surface area contributed by atoms with Gasteiger partial charge in [0.15, 0.2) is 0 Å². The van der Waals surface area contributed by atoms with Crippen LogP contribution in [0.4, 0.5) is 0 Å². The highest BCUT2D eigenvalue weighted by Gasteiger charge is 2.08.